The molecule has 2 aromatic carbocycles. The van der Waals surface area contributed by atoms with E-state index in [1.54, 1.807) is 43.5 Å². The minimum atomic E-state index is -0.329. The Labute approximate surface area is 130 Å². The number of rotatable bonds is 3. The van der Waals surface area contributed by atoms with Crippen molar-refractivity contribution in [2.45, 2.75) is 0 Å². The van der Waals surface area contributed by atoms with Crippen LogP contribution < -0.4 is 15.8 Å². The van der Waals surface area contributed by atoms with Gasteiger partial charge in [-0.1, -0.05) is 27.5 Å². The molecule has 1 amide bonds. The Bertz CT molecular complexity index is 662. The average molecular weight is 356 g/mol. The van der Waals surface area contributed by atoms with Crippen molar-refractivity contribution in [2.24, 2.45) is 0 Å². The van der Waals surface area contributed by atoms with E-state index in [-0.39, 0.29) is 5.91 Å². The monoisotopic (exact) mass is 354 g/mol. The minimum Gasteiger partial charge on any atom is -0.497 e. The molecule has 0 aliphatic carbocycles. The molecule has 0 saturated heterocycles. The lowest BCUT2D eigenvalue weighted by Crippen LogP contribution is -2.14. The second kappa shape index (κ2) is 6.15. The molecular weight excluding hydrogens is 344 g/mol. The van der Waals surface area contributed by atoms with E-state index in [0.717, 1.165) is 4.47 Å². The Hall–Kier alpha value is -1.72. The number of methoxy groups -OCH3 is 1. The third-order valence-electron chi connectivity index (χ3n) is 2.68. The maximum atomic E-state index is 12.2. The van der Waals surface area contributed by atoms with Crippen LogP contribution in [0.1, 0.15) is 10.4 Å². The summed E-state index contributed by atoms with van der Waals surface area (Å²) in [6.45, 7) is 0. The number of nitrogens with one attached hydrogen (secondary N) is 1. The van der Waals surface area contributed by atoms with Crippen LogP contribution >= 0.6 is 27.5 Å². The molecular formula is C14H12BrClN2O2. The molecule has 0 heterocycles. The smallest absolute Gasteiger partial charge is 0.257 e. The van der Waals surface area contributed by atoms with E-state index < -0.39 is 0 Å². The van der Waals surface area contributed by atoms with Gasteiger partial charge in [0, 0.05) is 16.2 Å². The van der Waals surface area contributed by atoms with Crippen LogP contribution in [0.5, 0.6) is 5.75 Å². The Morgan fingerprint density at radius 2 is 2.05 bits per heavy atom. The van der Waals surface area contributed by atoms with Gasteiger partial charge in [-0.2, -0.15) is 0 Å². The number of nitrogens with two attached hydrogens (primary N) is 1. The Balaban J connectivity index is 2.27. The predicted octanol–water partition coefficient (Wildman–Crippen LogP) is 3.95. The standard InChI is InChI=1S/C14H12BrClN2O2/c1-20-9-3-5-11(16)13(7-9)18-14(19)10-4-2-8(15)6-12(10)17/h2-7H,17H2,1H3,(H,18,19). The van der Waals surface area contributed by atoms with E-state index in [0.29, 0.717) is 27.7 Å². The van der Waals surface area contributed by atoms with Gasteiger partial charge in [-0.05, 0) is 30.3 Å². The zero-order valence-corrected chi connectivity index (χ0v) is 13.0. The number of hydrogen-bond acceptors (Lipinski definition) is 3. The van der Waals surface area contributed by atoms with E-state index in [1.165, 1.54) is 0 Å². The molecule has 0 aromatic heterocycles. The summed E-state index contributed by atoms with van der Waals surface area (Å²) >= 11 is 9.33. The molecule has 0 fully saturated rings. The van der Waals surface area contributed by atoms with Gasteiger partial charge in [0.25, 0.3) is 5.91 Å². The number of halogens is 2. The van der Waals surface area contributed by atoms with Crippen LogP contribution in [0.15, 0.2) is 40.9 Å². The van der Waals surface area contributed by atoms with Crippen LogP contribution in [0.4, 0.5) is 11.4 Å². The van der Waals surface area contributed by atoms with Crippen molar-refractivity contribution in [3.63, 3.8) is 0 Å². The molecule has 0 radical (unpaired) electrons. The zero-order valence-electron chi connectivity index (χ0n) is 10.6. The summed E-state index contributed by atoms with van der Waals surface area (Å²) in [5.41, 5.74) is 7.06. The number of anilines is 2. The summed E-state index contributed by atoms with van der Waals surface area (Å²) in [5.74, 6) is 0.277. The molecule has 2 rings (SSSR count). The third-order valence-corrected chi connectivity index (χ3v) is 3.50. The van der Waals surface area contributed by atoms with Gasteiger partial charge in [0.2, 0.25) is 0 Å². The van der Waals surface area contributed by atoms with Crippen molar-refractivity contribution < 1.29 is 9.53 Å². The summed E-state index contributed by atoms with van der Waals surface area (Å²) in [6, 6.07) is 10.1. The lowest BCUT2D eigenvalue weighted by Gasteiger charge is -2.10. The molecule has 0 saturated carbocycles. The van der Waals surface area contributed by atoms with Gasteiger partial charge in [-0.3, -0.25) is 4.79 Å². The average Bonchev–Trinajstić information content (AvgIpc) is 2.41. The minimum absolute atomic E-state index is 0.329. The predicted molar refractivity (Wildman–Crippen MR) is 84.5 cm³/mol. The van der Waals surface area contributed by atoms with Crippen molar-refractivity contribution in [2.75, 3.05) is 18.2 Å². The number of amides is 1. The molecule has 0 aliphatic heterocycles. The molecule has 20 heavy (non-hydrogen) atoms. The number of carbonyl (C=O) groups is 1. The van der Waals surface area contributed by atoms with Crippen molar-refractivity contribution in [3.8, 4) is 5.75 Å². The first-order valence-electron chi connectivity index (χ1n) is 5.71. The van der Waals surface area contributed by atoms with E-state index in [4.69, 9.17) is 22.1 Å². The number of hydrogen-bond donors (Lipinski definition) is 2. The van der Waals surface area contributed by atoms with Gasteiger partial charge in [-0.25, -0.2) is 0 Å². The third kappa shape index (κ3) is 3.23. The summed E-state index contributed by atoms with van der Waals surface area (Å²) < 4.78 is 5.91. The molecule has 4 nitrogen and oxygen atoms in total. The molecule has 2 aromatic rings. The van der Waals surface area contributed by atoms with Crippen LogP contribution in [0.2, 0.25) is 5.02 Å². The van der Waals surface area contributed by atoms with Crippen LogP contribution in [-0.4, -0.2) is 13.0 Å². The van der Waals surface area contributed by atoms with Crippen molar-refractivity contribution in [1.29, 1.82) is 0 Å². The quantitative estimate of drug-likeness (QED) is 0.820. The highest BCUT2D eigenvalue weighted by molar-refractivity contribution is 9.10. The largest absolute Gasteiger partial charge is 0.497 e. The number of ether oxygens (including phenoxy) is 1. The normalized spacial score (nSPS) is 10.2. The molecule has 0 atom stereocenters. The molecule has 3 N–H and O–H groups in total. The maximum Gasteiger partial charge on any atom is 0.257 e. The van der Waals surface area contributed by atoms with Gasteiger partial charge < -0.3 is 15.8 Å². The summed E-state index contributed by atoms with van der Waals surface area (Å²) in [6.07, 6.45) is 0. The Morgan fingerprint density at radius 3 is 2.70 bits per heavy atom. The van der Waals surface area contributed by atoms with Crippen molar-refractivity contribution in [3.05, 3.63) is 51.5 Å². The summed E-state index contributed by atoms with van der Waals surface area (Å²) in [5, 5.41) is 3.14. The van der Waals surface area contributed by atoms with Gasteiger partial charge in [0.1, 0.15) is 5.75 Å². The first-order valence-corrected chi connectivity index (χ1v) is 6.88. The Kier molecular flexibility index (Phi) is 4.52. The van der Waals surface area contributed by atoms with Crippen LogP contribution in [-0.2, 0) is 0 Å². The zero-order chi connectivity index (χ0) is 14.7. The highest BCUT2D eigenvalue weighted by Crippen LogP contribution is 2.28. The van der Waals surface area contributed by atoms with Crippen LogP contribution in [0, 0.1) is 0 Å². The lowest BCUT2D eigenvalue weighted by atomic mass is 10.1. The van der Waals surface area contributed by atoms with E-state index in [2.05, 4.69) is 21.2 Å². The van der Waals surface area contributed by atoms with E-state index in [1.807, 2.05) is 0 Å². The lowest BCUT2D eigenvalue weighted by molar-refractivity contribution is 0.102. The SMILES string of the molecule is COc1ccc(Cl)c(NC(=O)c2ccc(Br)cc2N)c1. The second-order valence-corrected chi connectivity index (χ2v) is 5.35. The van der Waals surface area contributed by atoms with Crippen LogP contribution in [0.3, 0.4) is 0 Å². The fourth-order valence-corrected chi connectivity index (χ4v) is 2.20. The van der Waals surface area contributed by atoms with Crippen molar-refractivity contribution in [1.82, 2.24) is 0 Å². The fourth-order valence-electron chi connectivity index (χ4n) is 1.66. The molecule has 6 heteroatoms. The topological polar surface area (TPSA) is 64.3 Å². The maximum absolute atomic E-state index is 12.2. The van der Waals surface area contributed by atoms with E-state index in [9.17, 15) is 4.79 Å². The summed E-state index contributed by atoms with van der Waals surface area (Å²) in [4.78, 5) is 12.2. The Morgan fingerprint density at radius 1 is 1.30 bits per heavy atom. The second-order valence-electron chi connectivity index (χ2n) is 4.03. The number of carbonyl (C=O) groups excluding carboxylic acids is 1. The van der Waals surface area contributed by atoms with Gasteiger partial charge in [0.05, 0.1) is 23.4 Å². The van der Waals surface area contributed by atoms with Gasteiger partial charge in [-0.15, -0.1) is 0 Å². The van der Waals surface area contributed by atoms with E-state index >= 15 is 0 Å². The molecule has 0 bridgehead atoms. The first kappa shape index (κ1) is 14.7. The van der Waals surface area contributed by atoms with Gasteiger partial charge in [0.15, 0.2) is 0 Å². The first-order chi connectivity index (χ1) is 9.51. The highest BCUT2D eigenvalue weighted by Gasteiger charge is 2.12. The molecule has 0 spiro atoms. The fraction of sp³-hybridized carbons (Fsp3) is 0.0714. The molecule has 104 valence electrons. The van der Waals surface area contributed by atoms with Gasteiger partial charge >= 0.3 is 0 Å². The number of benzene rings is 2. The van der Waals surface area contributed by atoms with Crippen LogP contribution in [0.25, 0.3) is 0 Å². The van der Waals surface area contributed by atoms with Crippen molar-refractivity contribution >= 4 is 44.8 Å². The number of nitrogen functional groups attached to an aromatic ring is 1. The molecule has 0 aliphatic rings. The highest BCUT2D eigenvalue weighted by atomic mass is 79.9. The summed E-state index contributed by atoms with van der Waals surface area (Å²) in [7, 11) is 1.54. The molecule has 0 unspecified atom stereocenters.